The predicted molar refractivity (Wildman–Crippen MR) is 135 cm³/mol. The second-order valence-corrected chi connectivity index (χ2v) is 10.5. The maximum Gasteiger partial charge on any atom is 0.280 e. The number of aliphatic hydroxyl groups excluding tert-OH is 1. The SMILES string of the molecule is CSc1ccc(/C(=N\OC2CCCC2)C(=O)Nc2ncc(C(=O)N3CCC(CO)CC3)s2)cc1. The minimum atomic E-state index is -0.424. The number of nitrogens with one attached hydrogen (secondary N) is 1. The third kappa shape index (κ3) is 6.17. The maximum absolute atomic E-state index is 13.1. The number of aromatic nitrogens is 1. The molecular weight excluding hydrogens is 472 g/mol. The number of nitrogens with zero attached hydrogens (tertiary/aromatic N) is 3. The van der Waals surface area contributed by atoms with Crippen molar-refractivity contribution in [3.8, 4) is 0 Å². The van der Waals surface area contributed by atoms with Gasteiger partial charge in [0.25, 0.3) is 11.8 Å². The Morgan fingerprint density at radius 1 is 1.21 bits per heavy atom. The van der Waals surface area contributed by atoms with Gasteiger partial charge in [-0.3, -0.25) is 14.9 Å². The van der Waals surface area contributed by atoms with E-state index in [0.717, 1.165) is 54.8 Å². The summed E-state index contributed by atoms with van der Waals surface area (Å²) in [5, 5.41) is 16.7. The van der Waals surface area contributed by atoms with E-state index in [2.05, 4.69) is 15.5 Å². The van der Waals surface area contributed by atoms with Gasteiger partial charge < -0.3 is 14.8 Å². The van der Waals surface area contributed by atoms with Gasteiger partial charge in [0.1, 0.15) is 11.0 Å². The summed E-state index contributed by atoms with van der Waals surface area (Å²) >= 11 is 2.77. The Bertz CT molecular complexity index is 1010. The van der Waals surface area contributed by atoms with Gasteiger partial charge in [0.15, 0.2) is 10.8 Å². The maximum atomic E-state index is 13.1. The van der Waals surface area contributed by atoms with Gasteiger partial charge in [-0.2, -0.15) is 0 Å². The summed E-state index contributed by atoms with van der Waals surface area (Å²) in [4.78, 5) is 39.3. The molecule has 2 heterocycles. The lowest BCUT2D eigenvalue weighted by molar-refractivity contribution is -0.110. The monoisotopic (exact) mass is 502 g/mol. The number of rotatable bonds is 8. The quantitative estimate of drug-likeness (QED) is 0.321. The van der Waals surface area contributed by atoms with Gasteiger partial charge >= 0.3 is 0 Å². The molecule has 182 valence electrons. The number of carbonyl (C=O) groups excluding carboxylic acids is 2. The van der Waals surface area contributed by atoms with Gasteiger partial charge in [0.05, 0.1) is 6.20 Å². The normalized spacial score (nSPS) is 17.7. The summed E-state index contributed by atoms with van der Waals surface area (Å²) in [7, 11) is 0. The van der Waals surface area contributed by atoms with Crippen LogP contribution in [0.25, 0.3) is 0 Å². The fourth-order valence-corrected chi connectivity index (χ4v) is 5.34. The standard InChI is InChI=1S/C24H30N4O4S2/c1-33-19-8-6-17(7-9-19)21(27-32-18-4-2-3-5-18)22(30)26-24-25-14-20(34-24)23(31)28-12-10-16(15-29)11-13-28/h6-9,14,16,18,29H,2-5,10-13,15H2,1H3,(H,25,26,30)/b27-21+. The minimum absolute atomic E-state index is 0.0346. The van der Waals surface area contributed by atoms with Gasteiger partial charge in [-0.25, -0.2) is 4.98 Å². The highest BCUT2D eigenvalue weighted by atomic mass is 32.2. The number of amides is 2. The topological polar surface area (TPSA) is 104 Å². The van der Waals surface area contributed by atoms with E-state index >= 15 is 0 Å². The second-order valence-electron chi connectivity index (χ2n) is 8.58. The molecule has 2 aliphatic rings. The summed E-state index contributed by atoms with van der Waals surface area (Å²) in [6, 6.07) is 7.60. The first-order valence-corrected chi connectivity index (χ1v) is 13.7. The van der Waals surface area contributed by atoms with Crippen LogP contribution in [-0.2, 0) is 9.63 Å². The number of anilines is 1. The Hall–Kier alpha value is -2.43. The van der Waals surface area contributed by atoms with Crippen LogP contribution in [0, 0.1) is 5.92 Å². The molecule has 0 bridgehead atoms. The van der Waals surface area contributed by atoms with Crippen molar-refractivity contribution in [3.05, 3.63) is 40.9 Å². The van der Waals surface area contributed by atoms with Crippen molar-refractivity contribution < 1.29 is 19.5 Å². The van der Waals surface area contributed by atoms with Gasteiger partial charge in [-0.15, -0.1) is 11.8 Å². The van der Waals surface area contributed by atoms with E-state index in [9.17, 15) is 14.7 Å². The third-order valence-electron chi connectivity index (χ3n) is 6.27. The summed E-state index contributed by atoms with van der Waals surface area (Å²) in [5.74, 6) is -0.262. The van der Waals surface area contributed by atoms with Crippen LogP contribution in [0.1, 0.15) is 53.8 Å². The van der Waals surface area contributed by atoms with Crippen LogP contribution in [0.15, 0.2) is 40.5 Å². The highest BCUT2D eigenvalue weighted by Gasteiger charge is 2.25. The molecule has 1 aliphatic carbocycles. The van der Waals surface area contributed by atoms with E-state index in [-0.39, 0.29) is 30.2 Å². The molecule has 2 N–H and O–H groups in total. The molecule has 1 aromatic heterocycles. The van der Waals surface area contributed by atoms with Crippen LogP contribution in [0.2, 0.25) is 0 Å². The third-order valence-corrected chi connectivity index (χ3v) is 7.92. The van der Waals surface area contributed by atoms with E-state index in [0.29, 0.717) is 28.7 Å². The van der Waals surface area contributed by atoms with Crippen LogP contribution in [0.5, 0.6) is 0 Å². The van der Waals surface area contributed by atoms with Gasteiger partial charge in [-0.05, 0) is 62.8 Å². The number of oxime groups is 1. The van der Waals surface area contributed by atoms with E-state index in [4.69, 9.17) is 4.84 Å². The molecule has 0 atom stereocenters. The zero-order valence-corrected chi connectivity index (χ0v) is 20.9. The first-order valence-electron chi connectivity index (χ1n) is 11.6. The Kier molecular flexibility index (Phi) is 8.58. The molecule has 0 unspecified atom stereocenters. The van der Waals surface area contributed by atoms with Crippen molar-refractivity contribution >= 4 is 45.8 Å². The van der Waals surface area contributed by atoms with Crippen molar-refractivity contribution in [1.29, 1.82) is 0 Å². The van der Waals surface area contributed by atoms with E-state index < -0.39 is 5.91 Å². The molecule has 0 spiro atoms. The molecule has 34 heavy (non-hydrogen) atoms. The molecule has 2 amide bonds. The molecule has 4 rings (SSSR count). The molecule has 1 aliphatic heterocycles. The average Bonchev–Trinajstić information content (AvgIpc) is 3.57. The Labute approximate surface area is 207 Å². The number of aliphatic hydroxyl groups is 1. The fourth-order valence-electron chi connectivity index (χ4n) is 4.16. The summed E-state index contributed by atoms with van der Waals surface area (Å²) < 4.78 is 0. The first-order chi connectivity index (χ1) is 16.6. The lowest BCUT2D eigenvalue weighted by atomic mass is 9.98. The molecular formula is C24H30N4O4S2. The first kappa shape index (κ1) is 24.7. The number of likely N-dealkylation sites (tertiary alicyclic amines) is 1. The smallest absolute Gasteiger partial charge is 0.280 e. The largest absolute Gasteiger partial charge is 0.396 e. The van der Waals surface area contributed by atoms with Crippen molar-refractivity contribution in [2.75, 3.05) is 31.3 Å². The molecule has 1 saturated heterocycles. The van der Waals surface area contributed by atoms with Crippen LogP contribution in [0.4, 0.5) is 5.13 Å². The van der Waals surface area contributed by atoms with Gasteiger partial charge in [-0.1, -0.05) is 28.6 Å². The highest BCUT2D eigenvalue weighted by molar-refractivity contribution is 7.98. The van der Waals surface area contributed by atoms with Gasteiger partial charge in [0, 0.05) is 30.2 Å². The van der Waals surface area contributed by atoms with Gasteiger partial charge in [0.2, 0.25) is 0 Å². The Morgan fingerprint density at radius 3 is 2.56 bits per heavy atom. The van der Waals surface area contributed by atoms with Crippen LogP contribution < -0.4 is 5.32 Å². The Balaban J connectivity index is 1.45. The van der Waals surface area contributed by atoms with E-state index in [1.54, 1.807) is 16.7 Å². The predicted octanol–water partition coefficient (Wildman–Crippen LogP) is 4.01. The number of hydrogen-bond donors (Lipinski definition) is 2. The number of benzene rings is 1. The fraction of sp³-hybridized carbons (Fsp3) is 0.500. The number of carbonyl (C=O) groups is 2. The minimum Gasteiger partial charge on any atom is -0.396 e. The number of piperidine rings is 1. The lowest BCUT2D eigenvalue weighted by Gasteiger charge is -2.30. The van der Waals surface area contributed by atoms with E-state index in [1.807, 2.05) is 30.5 Å². The zero-order valence-electron chi connectivity index (χ0n) is 19.2. The average molecular weight is 503 g/mol. The molecule has 2 fully saturated rings. The number of thiazole rings is 1. The van der Waals surface area contributed by atoms with Crippen LogP contribution in [0.3, 0.4) is 0 Å². The molecule has 1 aromatic carbocycles. The Morgan fingerprint density at radius 2 is 1.91 bits per heavy atom. The van der Waals surface area contributed by atoms with E-state index in [1.165, 1.54) is 6.20 Å². The molecule has 0 radical (unpaired) electrons. The lowest BCUT2D eigenvalue weighted by Crippen LogP contribution is -2.38. The number of thioether (sulfide) groups is 1. The van der Waals surface area contributed by atoms with Crippen molar-refractivity contribution in [1.82, 2.24) is 9.88 Å². The summed E-state index contributed by atoms with van der Waals surface area (Å²) in [5.41, 5.74) is 0.849. The summed E-state index contributed by atoms with van der Waals surface area (Å²) in [6.45, 7) is 1.39. The van der Waals surface area contributed by atoms with Crippen LogP contribution in [-0.4, -0.2) is 64.6 Å². The second kappa shape index (κ2) is 11.8. The van der Waals surface area contributed by atoms with Crippen LogP contribution >= 0.6 is 23.1 Å². The molecule has 8 nitrogen and oxygen atoms in total. The van der Waals surface area contributed by atoms with Crippen molar-refractivity contribution in [2.45, 2.75) is 49.5 Å². The molecule has 10 heteroatoms. The highest BCUT2D eigenvalue weighted by Crippen LogP contribution is 2.25. The van der Waals surface area contributed by atoms with Crippen molar-refractivity contribution in [3.63, 3.8) is 0 Å². The summed E-state index contributed by atoms with van der Waals surface area (Å²) in [6.07, 6.45) is 9.22. The molecule has 2 aromatic rings. The molecule has 1 saturated carbocycles. The zero-order chi connectivity index (χ0) is 23.9. The number of hydrogen-bond acceptors (Lipinski definition) is 8. The van der Waals surface area contributed by atoms with Crippen molar-refractivity contribution in [2.24, 2.45) is 11.1 Å².